The van der Waals surface area contributed by atoms with Gasteiger partial charge in [-0.3, -0.25) is 0 Å². The molecule has 0 unspecified atom stereocenters. The third-order valence-corrected chi connectivity index (χ3v) is 2.94. The predicted octanol–water partition coefficient (Wildman–Crippen LogP) is 3.28. The fourth-order valence-corrected chi connectivity index (χ4v) is 1.91. The Morgan fingerprint density at radius 2 is 2.06 bits per heavy atom. The summed E-state index contributed by atoms with van der Waals surface area (Å²) < 4.78 is 3.24. The highest BCUT2D eigenvalue weighted by Crippen LogP contribution is 2.19. The zero-order valence-corrected chi connectivity index (χ0v) is 10.8. The van der Waals surface area contributed by atoms with Crippen molar-refractivity contribution >= 4 is 17.6 Å². The van der Waals surface area contributed by atoms with Crippen LogP contribution in [-0.4, -0.2) is 7.05 Å². The quantitative estimate of drug-likeness (QED) is 0.765. The van der Waals surface area contributed by atoms with E-state index >= 15 is 0 Å². The van der Waals surface area contributed by atoms with E-state index in [0.717, 1.165) is 16.2 Å². The molecule has 0 radical (unpaired) electrons. The Morgan fingerprint density at radius 3 is 2.69 bits per heavy atom. The molecule has 2 nitrogen and oxygen atoms in total. The molecule has 0 atom stereocenters. The monoisotopic (exact) mass is 234 g/mol. The van der Waals surface area contributed by atoms with Crippen LogP contribution in [0.4, 0.5) is 0 Å². The number of hydrogen-bond acceptors (Lipinski definition) is 3. The zero-order chi connectivity index (χ0) is 12.0. The number of nitrogens with one attached hydrogen (secondary N) is 2. The minimum absolute atomic E-state index is 0.937. The van der Waals surface area contributed by atoms with Crippen molar-refractivity contribution in [3.63, 3.8) is 0 Å². The first-order valence-corrected chi connectivity index (χ1v) is 5.98. The molecular formula is C13H18N2S. The van der Waals surface area contributed by atoms with Crippen LogP contribution < -0.4 is 10.0 Å². The summed E-state index contributed by atoms with van der Waals surface area (Å²) in [6.45, 7) is 8.17. The normalized spacial score (nSPS) is 11.1. The van der Waals surface area contributed by atoms with Gasteiger partial charge in [0.2, 0.25) is 0 Å². The maximum absolute atomic E-state index is 4.04. The van der Waals surface area contributed by atoms with Gasteiger partial charge in [0.1, 0.15) is 0 Å². The summed E-state index contributed by atoms with van der Waals surface area (Å²) in [6.07, 6.45) is 1.95. The lowest BCUT2D eigenvalue weighted by atomic mass is 10.1. The third-order valence-electron chi connectivity index (χ3n) is 2.15. The van der Waals surface area contributed by atoms with Gasteiger partial charge in [0.25, 0.3) is 0 Å². The van der Waals surface area contributed by atoms with Crippen LogP contribution in [0.15, 0.2) is 41.9 Å². The maximum atomic E-state index is 4.04. The zero-order valence-electron chi connectivity index (χ0n) is 10.0. The molecule has 1 aromatic rings. The molecule has 0 saturated carbocycles. The van der Waals surface area contributed by atoms with Crippen LogP contribution >= 0.6 is 11.9 Å². The minimum Gasteiger partial charge on any atom is -0.393 e. The highest BCUT2D eigenvalue weighted by Gasteiger charge is 2.01. The van der Waals surface area contributed by atoms with Crippen LogP contribution in [-0.2, 0) is 0 Å². The number of benzene rings is 1. The van der Waals surface area contributed by atoms with Gasteiger partial charge < -0.3 is 10.0 Å². The van der Waals surface area contributed by atoms with Crippen LogP contribution in [0.3, 0.4) is 0 Å². The van der Waals surface area contributed by atoms with Crippen molar-refractivity contribution in [1.29, 1.82) is 0 Å². The van der Waals surface area contributed by atoms with Gasteiger partial charge in [0.05, 0.1) is 0 Å². The number of rotatable bonds is 5. The SMILES string of the molecule is C=C(NS/C(C)=C\NC)c1ccccc1C. The molecular weight excluding hydrogens is 216 g/mol. The van der Waals surface area contributed by atoms with Gasteiger partial charge in [-0.05, 0) is 31.4 Å². The van der Waals surface area contributed by atoms with Crippen molar-refractivity contribution in [3.8, 4) is 0 Å². The van der Waals surface area contributed by atoms with E-state index in [0.29, 0.717) is 0 Å². The van der Waals surface area contributed by atoms with E-state index in [1.807, 2.05) is 32.3 Å². The molecule has 3 heteroatoms. The summed E-state index contributed by atoms with van der Waals surface area (Å²) in [5.74, 6) is 0. The molecule has 0 fully saturated rings. The first-order valence-electron chi connectivity index (χ1n) is 5.17. The number of aryl methyl sites for hydroxylation is 1. The Bertz CT molecular complexity index is 397. The summed E-state index contributed by atoms with van der Waals surface area (Å²) in [5.41, 5.74) is 3.33. The van der Waals surface area contributed by atoms with Crippen LogP contribution in [0.25, 0.3) is 5.70 Å². The highest BCUT2D eigenvalue weighted by atomic mass is 32.2. The third kappa shape index (κ3) is 3.66. The average molecular weight is 234 g/mol. The van der Waals surface area contributed by atoms with E-state index in [9.17, 15) is 0 Å². The summed E-state index contributed by atoms with van der Waals surface area (Å²) in [6, 6.07) is 8.22. The molecule has 16 heavy (non-hydrogen) atoms. The standard InChI is InChI=1S/C13H18N2S/c1-10-7-5-6-8-13(10)12(3)15-16-11(2)9-14-4/h5-9,14-15H,3H2,1-2,4H3/b11-9-. The highest BCUT2D eigenvalue weighted by molar-refractivity contribution is 8.01. The van der Waals surface area contributed by atoms with Crippen molar-refractivity contribution in [3.05, 3.63) is 53.1 Å². The topological polar surface area (TPSA) is 24.1 Å². The number of hydrogen-bond donors (Lipinski definition) is 2. The van der Waals surface area contributed by atoms with E-state index < -0.39 is 0 Å². The first kappa shape index (κ1) is 12.7. The van der Waals surface area contributed by atoms with Crippen LogP contribution in [0.5, 0.6) is 0 Å². The molecule has 0 aliphatic heterocycles. The van der Waals surface area contributed by atoms with Crippen molar-refractivity contribution in [1.82, 2.24) is 10.0 Å². The van der Waals surface area contributed by atoms with Gasteiger partial charge in [-0.15, -0.1) is 0 Å². The molecule has 0 heterocycles. The Hall–Kier alpha value is -1.35. The first-order chi connectivity index (χ1) is 7.65. The van der Waals surface area contributed by atoms with E-state index in [2.05, 4.69) is 35.7 Å². The summed E-state index contributed by atoms with van der Waals surface area (Å²) >= 11 is 1.56. The molecule has 0 amide bonds. The second kappa shape index (κ2) is 6.28. The minimum atomic E-state index is 0.937. The van der Waals surface area contributed by atoms with E-state index in [4.69, 9.17) is 0 Å². The Kier molecular flexibility index (Phi) is 4.99. The second-order valence-corrected chi connectivity index (χ2v) is 4.59. The summed E-state index contributed by atoms with van der Waals surface area (Å²) in [4.78, 5) is 1.16. The fraction of sp³-hybridized carbons (Fsp3) is 0.231. The van der Waals surface area contributed by atoms with Gasteiger partial charge in [-0.1, -0.05) is 30.8 Å². The van der Waals surface area contributed by atoms with Gasteiger partial charge in [-0.25, -0.2) is 0 Å². The van der Waals surface area contributed by atoms with E-state index in [1.54, 1.807) is 11.9 Å². The Morgan fingerprint density at radius 1 is 1.38 bits per heavy atom. The maximum Gasteiger partial charge on any atom is 0.0446 e. The lowest BCUT2D eigenvalue weighted by molar-refractivity contribution is 1.09. The molecule has 1 rings (SSSR count). The molecule has 0 aromatic heterocycles. The Labute approximate surface area is 102 Å². The molecule has 0 saturated heterocycles. The molecule has 0 aliphatic carbocycles. The largest absolute Gasteiger partial charge is 0.393 e. The Balaban J connectivity index is 2.60. The lowest BCUT2D eigenvalue weighted by Gasteiger charge is -2.11. The van der Waals surface area contributed by atoms with Crippen molar-refractivity contribution in [2.24, 2.45) is 0 Å². The molecule has 86 valence electrons. The van der Waals surface area contributed by atoms with Crippen molar-refractivity contribution in [2.75, 3.05) is 7.05 Å². The van der Waals surface area contributed by atoms with Crippen molar-refractivity contribution in [2.45, 2.75) is 13.8 Å². The van der Waals surface area contributed by atoms with Crippen molar-refractivity contribution < 1.29 is 0 Å². The smallest absolute Gasteiger partial charge is 0.0446 e. The van der Waals surface area contributed by atoms with Gasteiger partial charge >= 0.3 is 0 Å². The van der Waals surface area contributed by atoms with Crippen LogP contribution in [0.1, 0.15) is 18.1 Å². The lowest BCUT2D eigenvalue weighted by Crippen LogP contribution is -2.03. The fourth-order valence-electron chi connectivity index (χ4n) is 1.34. The van der Waals surface area contributed by atoms with E-state index in [1.165, 1.54) is 5.56 Å². The summed E-state index contributed by atoms with van der Waals surface area (Å²) in [5, 5.41) is 2.99. The average Bonchev–Trinajstić information content (AvgIpc) is 2.27. The van der Waals surface area contributed by atoms with Gasteiger partial charge in [0.15, 0.2) is 0 Å². The van der Waals surface area contributed by atoms with Gasteiger partial charge in [-0.2, -0.15) is 0 Å². The van der Waals surface area contributed by atoms with Gasteiger partial charge in [0, 0.05) is 29.4 Å². The summed E-state index contributed by atoms with van der Waals surface area (Å²) in [7, 11) is 1.89. The van der Waals surface area contributed by atoms with Crippen LogP contribution in [0.2, 0.25) is 0 Å². The molecule has 2 N–H and O–H groups in total. The molecule has 0 bridgehead atoms. The number of allylic oxidation sites excluding steroid dienone is 1. The molecule has 0 spiro atoms. The predicted molar refractivity (Wildman–Crippen MR) is 73.8 cm³/mol. The van der Waals surface area contributed by atoms with E-state index in [-0.39, 0.29) is 0 Å². The second-order valence-electron chi connectivity index (χ2n) is 3.54. The molecule has 0 aliphatic rings. The van der Waals surface area contributed by atoms with Crippen LogP contribution in [0, 0.1) is 6.92 Å². The molecule has 1 aromatic carbocycles.